The number of phenols is 1. The number of hydrogen-bond acceptors (Lipinski definition) is 4. The van der Waals surface area contributed by atoms with Crippen LogP contribution < -0.4 is 5.73 Å². The second-order valence-electron chi connectivity index (χ2n) is 5.17. The summed E-state index contributed by atoms with van der Waals surface area (Å²) in [5.41, 5.74) is 6.20. The molecule has 0 aromatic heterocycles. The van der Waals surface area contributed by atoms with Gasteiger partial charge in [0, 0.05) is 31.7 Å². The smallest absolute Gasteiger partial charge is 0.227 e. The van der Waals surface area contributed by atoms with Crippen LogP contribution in [0.25, 0.3) is 0 Å². The zero-order valence-electron chi connectivity index (χ0n) is 11.8. The maximum atomic E-state index is 12.2. The molecule has 1 aliphatic rings. The van der Waals surface area contributed by atoms with Crippen molar-refractivity contribution in [1.29, 1.82) is 0 Å². The highest BCUT2D eigenvalue weighted by atomic mass is 16.3. The van der Waals surface area contributed by atoms with Gasteiger partial charge in [0.15, 0.2) is 0 Å². The van der Waals surface area contributed by atoms with Crippen LogP contribution in [-0.4, -0.2) is 60.1 Å². The molecule has 0 saturated carbocycles. The molecule has 110 valence electrons. The van der Waals surface area contributed by atoms with Gasteiger partial charge in [0.25, 0.3) is 0 Å². The average Bonchev–Trinajstić information content (AvgIpc) is 2.48. The van der Waals surface area contributed by atoms with Crippen LogP contribution in [-0.2, 0) is 11.2 Å². The fourth-order valence-corrected chi connectivity index (χ4v) is 2.47. The lowest BCUT2D eigenvalue weighted by Gasteiger charge is -2.34. The van der Waals surface area contributed by atoms with Gasteiger partial charge in [-0.1, -0.05) is 18.2 Å². The molecule has 20 heavy (non-hydrogen) atoms. The van der Waals surface area contributed by atoms with Gasteiger partial charge in [0.2, 0.25) is 5.91 Å². The van der Waals surface area contributed by atoms with Crippen molar-refractivity contribution in [2.75, 3.05) is 39.3 Å². The van der Waals surface area contributed by atoms with Crippen molar-refractivity contribution in [3.8, 4) is 5.75 Å². The molecule has 1 heterocycles. The lowest BCUT2D eigenvalue weighted by molar-refractivity contribution is -0.132. The third-order valence-corrected chi connectivity index (χ3v) is 3.74. The van der Waals surface area contributed by atoms with Gasteiger partial charge >= 0.3 is 0 Å². The molecule has 1 aliphatic heterocycles. The molecule has 1 fully saturated rings. The minimum absolute atomic E-state index is 0.0879. The lowest BCUT2D eigenvalue weighted by atomic mass is 10.1. The highest BCUT2D eigenvalue weighted by Crippen LogP contribution is 2.17. The number of benzene rings is 1. The Morgan fingerprint density at radius 2 is 1.90 bits per heavy atom. The van der Waals surface area contributed by atoms with Crippen LogP contribution in [0, 0.1) is 0 Å². The highest BCUT2D eigenvalue weighted by Gasteiger charge is 2.21. The minimum atomic E-state index is 0.0879. The monoisotopic (exact) mass is 277 g/mol. The first-order valence-electron chi connectivity index (χ1n) is 7.18. The summed E-state index contributed by atoms with van der Waals surface area (Å²) < 4.78 is 0. The molecule has 3 N–H and O–H groups in total. The summed E-state index contributed by atoms with van der Waals surface area (Å²) in [6.07, 6.45) is 1.28. The van der Waals surface area contributed by atoms with Crippen LogP contribution >= 0.6 is 0 Å². The Hall–Kier alpha value is -1.59. The number of carbonyl (C=O) groups excluding carboxylic acids is 1. The van der Waals surface area contributed by atoms with E-state index in [0.717, 1.165) is 39.1 Å². The maximum absolute atomic E-state index is 12.2. The van der Waals surface area contributed by atoms with Crippen LogP contribution in [0.4, 0.5) is 0 Å². The summed E-state index contributed by atoms with van der Waals surface area (Å²) in [6.45, 7) is 5.07. The van der Waals surface area contributed by atoms with Gasteiger partial charge in [0.05, 0.1) is 6.42 Å². The Kier molecular flexibility index (Phi) is 5.38. The number of phenolic OH excluding ortho intramolecular Hbond substituents is 1. The largest absolute Gasteiger partial charge is 0.508 e. The molecule has 0 atom stereocenters. The third-order valence-electron chi connectivity index (χ3n) is 3.74. The molecular weight excluding hydrogens is 254 g/mol. The summed E-state index contributed by atoms with van der Waals surface area (Å²) in [5.74, 6) is 0.285. The first-order chi connectivity index (χ1) is 9.70. The molecule has 1 aromatic rings. The van der Waals surface area contributed by atoms with Crippen molar-refractivity contribution >= 4 is 5.91 Å². The quantitative estimate of drug-likeness (QED) is 0.819. The average molecular weight is 277 g/mol. The Balaban J connectivity index is 1.82. The molecule has 2 rings (SSSR count). The Morgan fingerprint density at radius 3 is 2.55 bits per heavy atom. The number of piperazine rings is 1. The number of amides is 1. The van der Waals surface area contributed by atoms with Crippen LogP contribution in [0.5, 0.6) is 5.75 Å². The lowest BCUT2D eigenvalue weighted by Crippen LogP contribution is -2.49. The summed E-state index contributed by atoms with van der Waals surface area (Å²) in [4.78, 5) is 16.4. The number of para-hydroxylation sites is 1. The molecule has 0 unspecified atom stereocenters. The van der Waals surface area contributed by atoms with E-state index < -0.39 is 0 Å². The molecule has 0 bridgehead atoms. The summed E-state index contributed by atoms with van der Waals surface area (Å²) in [6, 6.07) is 7.02. The van der Waals surface area contributed by atoms with Crippen molar-refractivity contribution in [1.82, 2.24) is 9.80 Å². The fourth-order valence-electron chi connectivity index (χ4n) is 2.47. The number of aromatic hydroxyl groups is 1. The Labute approximate surface area is 120 Å². The second kappa shape index (κ2) is 7.26. The standard InChI is InChI=1S/C15H23N3O2/c16-6-3-7-17-8-10-18(11-9-17)15(20)12-13-4-1-2-5-14(13)19/h1-2,4-5,19H,3,6-12,16H2. The zero-order valence-corrected chi connectivity index (χ0v) is 11.8. The predicted octanol–water partition coefficient (Wildman–Crippen LogP) is 0.428. The SMILES string of the molecule is NCCCN1CCN(C(=O)Cc2ccccc2O)CC1. The van der Waals surface area contributed by atoms with Gasteiger partial charge in [-0.05, 0) is 25.6 Å². The van der Waals surface area contributed by atoms with Gasteiger partial charge in [0.1, 0.15) is 5.75 Å². The number of carbonyl (C=O) groups is 1. The van der Waals surface area contributed by atoms with E-state index in [1.54, 1.807) is 18.2 Å². The topological polar surface area (TPSA) is 69.8 Å². The number of hydrogen-bond donors (Lipinski definition) is 2. The zero-order chi connectivity index (χ0) is 14.4. The van der Waals surface area contributed by atoms with Crippen LogP contribution in [0.1, 0.15) is 12.0 Å². The predicted molar refractivity (Wildman–Crippen MR) is 78.5 cm³/mol. The maximum Gasteiger partial charge on any atom is 0.227 e. The molecule has 0 spiro atoms. The molecule has 5 heteroatoms. The van der Waals surface area contributed by atoms with Gasteiger partial charge in [-0.25, -0.2) is 0 Å². The second-order valence-corrected chi connectivity index (χ2v) is 5.17. The third kappa shape index (κ3) is 3.95. The molecule has 5 nitrogen and oxygen atoms in total. The number of rotatable bonds is 5. The molecule has 1 aromatic carbocycles. The van der Waals surface area contributed by atoms with E-state index in [1.165, 1.54) is 0 Å². The van der Waals surface area contributed by atoms with Crippen molar-refractivity contribution in [3.05, 3.63) is 29.8 Å². The van der Waals surface area contributed by atoms with Crippen molar-refractivity contribution < 1.29 is 9.90 Å². The molecule has 0 aliphatic carbocycles. The first-order valence-corrected chi connectivity index (χ1v) is 7.18. The Morgan fingerprint density at radius 1 is 1.20 bits per heavy atom. The van der Waals surface area contributed by atoms with E-state index in [2.05, 4.69) is 4.90 Å². The van der Waals surface area contributed by atoms with E-state index >= 15 is 0 Å². The van der Waals surface area contributed by atoms with Crippen LogP contribution in [0.2, 0.25) is 0 Å². The Bertz CT molecular complexity index is 442. The summed E-state index contributed by atoms with van der Waals surface area (Å²) >= 11 is 0. The molecule has 1 amide bonds. The number of nitrogens with zero attached hydrogens (tertiary/aromatic N) is 2. The van der Waals surface area contributed by atoms with Crippen molar-refractivity contribution in [2.24, 2.45) is 5.73 Å². The van der Waals surface area contributed by atoms with Gasteiger partial charge < -0.3 is 15.7 Å². The summed E-state index contributed by atoms with van der Waals surface area (Å²) in [5, 5.41) is 9.71. The van der Waals surface area contributed by atoms with Crippen LogP contribution in [0.15, 0.2) is 24.3 Å². The van der Waals surface area contributed by atoms with Crippen molar-refractivity contribution in [2.45, 2.75) is 12.8 Å². The summed E-state index contributed by atoms with van der Waals surface area (Å²) in [7, 11) is 0. The minimum Gasteiger partial charge on any atom is -0.508 e. The first kappa shape index (κ1) is 14.8. The number of nitrogens with two attached hydrogens (primary N) is 1. The fraction of sp³-hybridized carbons (Fsp3) is 0.533. The van der Waals surface area contributed by atoms with Crippen LogP contribution in [0.3, 0.4) is 0 Å². The van der Waals surface area contributed by atoms with Gasteiger partial charge in [-0.15, -0.1) is 0 Å². The molecule has 0 radical (unpaired) electrons. The highest BCUT2D eigenvalue weighted by molar-refractivity contribution is 5.79. The van der Waals surface area contributed by atoms with E-state index in [9.17, 15) is 9.90 Å². The van der Waals surface area contributed by atoms with Gasteiger partial charge in [-0.2, -0.15) is 0 Å². The normalized spacial score (nSPS) is 16.4. The van der Waals surface area contributed by atoms with E-state index in [4.69, 9.17) is 5.73 Å². The molecule has 1 saturated heterocycles. The van der Waals surface area contributed by atoms with E-state index in [0.29, 0.717) is 12.1 Å². The van der Waals surface area contributed by atoms with Crippen molar-refractivity contribution in [3.63, 3.8) is 0 Å². The van der Waals surface area contributed by atoms with E-state index in [1.807, 2.05) is 11.0 Å². The van der Waals surface area contributed by atoms with Gasteiger partial charge in [-0.3, -0.25) is 9.69 Å². The van der Waals surface area contributed by atoms with E-state index in [-0.39, 0.29) is 18.1 Å². The molecular formula is C15H23N3O2.